The maximum Gasteiger partial charge on any atom is 0.411 e. The van der Waals surface area contributed by atoms with Gasteiger partial charge in [0.05, 0.1) is 0 Å². The smallest absolute Gasteiger partial charge is 0.359 e. The highest BCUT2D eigenvalue weighted by Crippen LogP contribution is 2.27. The van der Waals surface area contributed by atoms with Crippen molar-refractivity contribution in [3.05, 3.63) is 23.8 Å². The molecule has 1 fully saturated rings. The van der Waals surface area contributed by atoms with Crippen LogP contribution in [0.1, 0.15) is 25.3 Å². The average Bonchev–Trinajstić information content (AvgIpc) is 2.90. The van der Waals surface area contributed by atoms with Crippen molar-refractivity contribution in [3.8, 4) is 0 Å². The Kier molecular flexibility index (Phi) is 5.48. The van der Waals surface area contributed by atoms with Crippen molar-refractivity contribution in [2.75, 3.05) is 23.4 Å². The zero-order chi connectivity index (χ0) is 17.9. The standard InChI is InChI=1S/C16H19F3N2O3/c1-10-8-12(5-6-13(10)21-7-3-4-14(21)22)20-15(23)11(2)24-9-16(17,18)19/h5-6,8,11H,3-4,7,9H2,1-2H3,(H,20,23)/t11-/m1/s1. The molecule has 1 heterocycles. The van der Waals surface area contributed by atoms with Crippen molar-refractivity contribution in [1.82, 2.24) is 0 Å². The SMILES string of the molecule is Cc1cc(NC(=O)[C@@H](C)OCC(F)(F)F)ccc1N1CCCC1=O. The molecule has 132 valence electrons. The Morgan fingerprint density at radius 1 is 1.42 bits per heavy atom. The number of carbonyl (C=O) groups is 2. The van der Waals surface area contributed by atoms with E-state index in [0.29, 0.717) is 18.7 Å². The molecule has 8 heteroatoms. The number of nitrogens with zero attached hydrogens (tertiary/aromatic N) is 1. The van der Waals surface area contributed by atoms with Crippen LogP contribution >= 0.6 is 0 Å². The van der Waals surface area contributed by atoms with E-state index in [-0.39, 0.29) is 5.91 Å². The van der Waals surface area contributed by atoms with Crippen LogP contribution in [0, 0.1) is 6.92 Å². The van der Waals surface area contributed by atoms with Gasteiger partial charge >= 0.3 is 6.18 Å². The summed E-state index contributed by atoms with van der Waals surface area (Å²) in [6.07, 6.45) is -4.38. The average molecular weight is 344 g/mol. The highest BCUT2D eigenvalue weighted by molar-refractivity contribution is 5.97. The van der Waals surface area contributed by atoms with Gasteiger partial charge in [0.2, 0.25) is 5.91 Å². The Morgan fingerprint density at radius 3 is 2.67 bits per heavy atom. The number of alkyl halides is 3. The lowest BCUT2D eigenvalue weighted by Gasteiger charge is -2.20. The first kappa shape index (κ1) is 18.3. The van der Waals surface area contributed by atoms with Crippen LogP contribution in [0.2, 0.25) is 0 Å². The number of carbonyl (C=O) groups excluding carboxylic acids is 2. The monoisotopic (exact) mass is 344 g/mol. The Labute approximate surface area is 137 Å². The van der Waals surface area contributed by atoms with Crippen LogP contribution < -0.4 is 10.2 Å². The quantitative estimate of drug-likeness (QED) is 0.893. The van der Waals surface area contributed by atoms with E-state index in [9.17, 15) is 22.8 Å². The van der Waals surface area contributed by atoms with E-state index < -0.39 is 24.8 Å². The first-order valence-corrected chi connectivity index (χ1v) is 7.57. The molecule has 1 aromatic rings. The second kappa shape index (κ2) is 7.21. The molecule has 24 heavy (non-hydrogen) atoms. The molecule has 0 aliphatic carbocycles. The van der Waals surface area contributed by atoms with Gasteiger partial charge < -0.3 is 15.0 Å². The summed E-state index contributed by atoms with van der Waals surface area (Å²) in [5.41, 5.74) is 2.01. The molecule has 2 amide bonds. The minimum absolute atomic E-state index is 0.0593. The van der Waals surface area contributed by atoms with Gasteiger partial charge in [0, 0.05) is 24.3 Å². The zero-order valence-electron chi connectivity index (χ0n) is 13.4. The van der Waals surface area contributed by atoms with Crippen LogP contribution in [0.25, 0.3) is 0 Å². The maximum atomic E-state index is 12.1. The summed E-state index contributed by atoms with van der Waals surface area (Å²) < 4.78 is 40.8. The summed E-state index contributed by atoms with van der Waals surface area (Å²) in [6, 6.07) is 5.01. The number of hydrogen-bond donors (Lipinski definition) is 1. The topological polar surface area (TPSA) is 58.6 Å². The van der Waals surface area contributed by atoms with Gasteiger partial charge in [-0.15, -0.1) is 0 Å². The van der Waals surface area contributed by atoms with Crippen LogP contribution in [0.15, 0.2) is 18.2 Å². The first-order chi connectivity index (χ1) is 11.2. The van der Waals surface area contributed by atoms with Gasteiger partial charge in [-0.3, -0.25) is 9.59 Å². The fourth-order valence-electron chi connectivity index (χ4n) is 2.48. The summed E-state index contributed by atoms with van der Waals surface area (Å²) in [4.78, 5) is 25.3. The molecule has 0 radical (unpaired) electrons. The maximum absolute atomic E-state index is 12.1. The number of rotatable bonds is 5. The van der Waals surface area contributed by atoms with Crippen LogP contribution in [-0.2, 0) is 14.3 Å². The highest BCUT2D eigenvalue weighted by Gasteiger charge is 2.30. The molecule has 1 aliphatic rings. The summed E-state index contributed by atoms with van der Waals surface area (Å²) in [6.45, 7) is 2.25. The number of aryl methyl sites for hydroxylation is 1. The summed E-state index contributed by atoms with van der Waals surface area (Å²) in [5.74, 6) is -0.604. The third kappa shape index (κ3) is 4.70. The predicted octanol–water partition coefficient (Wildman–Crippen LogP) is 3.03. The molecule has 2 rings (SSSR count). The Balaban J connectivity index is 1.99. The normalized spacial score (nSPS) is 16.4. The molecule has 0 spiro atoms. The number of ether oxygens (including phenoxy) is 1. The van der Waals surface area contributed by atoms with E-state index in [4.69, 9.17) is 0 Å². The number of amides is 2. The molecule has 1 saturated heterocycles. The largest absolute Gasteiger partial charge is 0.411 e. The lowest BCUT2D eigenvalue weighted by Crippen LogP contribution is -2.31. The fraction of sp³-hybridized carbons (Fsp3) is 0.500. The Morgan fingerprint density at radius 2 is 2.12 bits per heavy atom. The van der Waals surface area contributed by atoms with Crippen molar-refractivity contribution in [3.63, 3.8) is 0 Å². The highest BCUT2D eigenvalue weighted by atomic mass is 19.4. The summed E-state index contributed by atoms with van der Waals surface area (Å²) in [7, 11) is 0. The molecular weight excluding hydrogens is 325 g/mol. The second-order valence-electron chi connectivity index (χ2n) is 5.71. The van der Waals surface area contributed by atoms with Gasteiger partial charge in [-0.25, -0.2) is 0 Å². The van der Waals surface area contributed by atoms with E-state index in [1.54, 1.807) is 30.0 Å². The van der Waals surface area contributed by atoms with Gasteiger partial charge in [-0.2, -0.15) is 13.2 Å². The number of anilines is 2. The van der Waals surface area contributed by atoms with E-state index >= 15 is 0 Å². The van der Waals surface area contributed by atoms with Gasteiger partial charge in [-0.1, -0.05) is 0 Å². The molecule has 0 unspecified atom stereocenters. The van der Waals surface area contributed by atoms with Gasteiger partial charge in [0.15, 0.2) is 0 Å². The van der Waals surface area contributed by atoms with Crippen molar-refractivity contribution in [2.45, 2.75) is 39.0 Å². The van der Waals surface area contributed by atoms with Crippen LogP contribution in [0.5, 0.6) is 0 Å². The molecule has 1 atom stereocenters. The molecule has 0 aromatic heterocycles. The van der Waals surface area contributed by atoms with Gasteiger partial charge in [0.25, 0.3) is 5.91 Å². The van der Waals surface area contributed by atoms with Crippen molar-refractivity contribution >= 4 is 23.2 Å². The van der Waals surface area contributed by atoms with Crippen molar-refractivity contribution < 1.29 is 27.5 Å². The first-order valence-electron chi connectivity index (χ1n) is 7.57. The number of nitrogens with one attached hydrogen (secondary N) is 1. The summed E-state index contributed by atoms with van der Waals surface area (Å²) >= 11 is 0. The van der Waals surface area contributed by atoms with Gasteiger partial charge in [0.1, 0.15) is 12.7 Å². The number of halogens is 3. The van der Waals surface area contributed by atoms with Crippen molar-refractivity contribution in [2.24, 2.45) is 0 Å². The Hall–Kier alpha value is -2.09. The lowest BCUT2D eigenvalue weighted by atomic mass is 10.1. The minimum Gasteiger partial charge on any atom is -0.359 e. The lowest BCUT2D eigenvalue weighted by molar-refractivity contribution is -0.184. The Bertz CT molecular complexity index is 631. The van der Waals surface area contributed by atoms with E-state index in [1.807, 2.05) is 0 Å². The molecule has 5 nitrogen and oxygen atoms in total. The zero-order valence-corrected chi connectivity index (χ0v) is 13.4. The van der Waals surface area contributed by atoms with Crippen LogP contribution in [0.4, 0.5) is 24.5 Å². The van der Waals surface area contributed by atoms with Crippen LogP contribution in [0.3, 0.4) is 0 Å². The second-order valence-corrected chi connectivity index (χ2v) is 5.71. The van der Waals surface area contributed by atoms with Crippen LogP contribution in [-0.4, -0.2) is 37.2 Å². The van der Waals surface area contributed by atoms with E-state index in [0.717, 1.165) is 17.7 Å². The molecule has 0 saturated carbocycles. The third-order valence-electron chi connectivity index (χ3n) is 3.69. The molecule has 1 aromatic carbocycles. The predicted molar refractivity (Wildman–Crippen MR) is 82.9 cm³/mol. The minimum atomic E-state index is -4.48. The summed E-state index contributed by atoms with van der Waals surface area (Å²) in [5, 5.41) is 2.51. The third-order valence-corrected chi connectivity index (χ3v) is 3.69. The fourth-order valence-corrected chi connectivity index (χ4v) is 2.48. The van der Waals surface area contributed by atoms with E-state index in [1.165, 1.54) is 6.92 Å². The number of benzene rings is 1. The molecule has 1 aliphatic heterocycles. The van der Waals surface area contributed by atoms with Gasteiger partial charge in [-0.05, 0) is 44.0 Å². The molecular formula is C16H19F3N2O3. The molecule has 0 bridgehead atoms. The molecule has 1 N–H and O–H groups in total. The van der Waals surface area contributed by atoms with Crippen molar-refractivity contribution in [1.29, 1.82) is 0 Å². The number of hydrogen-bond acceptors (Lipinski definition) is 3. The van der Waals surface area contributed by atoms with E-state index in [2.05, 4.69) is 10.1 Å².